The predicted molar refractivity (Wildman–Crippen MR) is 7.61 cm³/mol. The monoisotopic (exact) mass is 214 g/mol. The van der Waals surface area contributed by atoms with E-state index >= 15 is 0 Å². The smallest absolute Gasteiger partial charge is 0.822 e. The first kappa shape index (κ1) is 22.6. The summed E-state index contributed by atoms with van der Waals surface area (Å²) in [5.41, 5.74) is 0. The van der Waals surface area contributed by atoms with Crippen molar-refractivity contribution in [2.75, 3.05) is 0 Å². The molecule has 0 amide bonds. The van der Waals surface area contributed by atoms with Gasteiger partial charge in [-0.3, -0.25) is 0 Å². The standard InChI is InChI=1S/2Fe.Li.H3O4P/c;;;1-5(2,3)4/h;;;(H3,1,2,3,4)/q;+2;+1;/p-3. The molecule has 0 spiro atoms. The van der Waals surface area contributed by atoms with Crippen molar-refractivity contribution in [2.24, 2.45) is 0 Å². The summed E-state index contributed by atoms with van der Waals surface area (Å²) >= 11 is 0. The molecule has 0 aromatic carbocycles. The minimum atomic E-state index is -5.39. The summed E-state index contributed by atoms with van der Waals surface area (Å²) in [7, 11) is -5.39. The topological polar surface area (TPSA) is 86.2 Å². The van der Waals surface area contributed by atoms with E-state index < -0.39 is 7.82 Å². The average molecular weight is 214 g/mol. The molecule has 8 heteroatoms. The van der Waals surface area contributed by atoms with Gasteiger partial charge in [0.05, 0.1) is 0 Å². The maximum atomic E-state index is 8.55. The predicted octanol–water partition coefficient (Wildman–Crippen LogP) is -5.83. The fourth-order valence-electron chi connectivity index (χ4n) is 0. The van der Waals surface area contributed by atoms with E-state index in [1.165, 1.54) is 0 Å². The van der Waals surface area contributed by atoms with Gasteiger partial charge in [0, 0.05) is 17.1 Å². The molecule has 8 heavy (non-hydrogen) atoms. The summed E-state index contributed by atoms with van der Waals surface area (Å²) in [4.78, 5) is 25.6. The van der Waals surface area contributed by atoms with E-state index in [1.54, 1.807) is 0 Å². The van der Waals surface area contributed by atoms with Gasteiger partial charge in [-0.05, 0) is 0 Å². The Morgan fingerprint density at radius 1 is 1.12 bits per heavy atom. The Bertz CT molecular complexity index is 60.2. The molecule has 0 aliphatic rings. The Morgan fingerprint density at radius 3 is 1.12 bits per heavy atom. The van der Waals surface area contributed by atoms with Crippen molar-refractivity contribution in [2.45, 2.75) is 0 Å². The molecule has 0 aromatic rings. The summed E-state index contributed by atoms with van der Waals surface area (Å²) in [6.07, 6.45) is 0. The summed E-state index contributed by atoms with van der Waals surface area (Å²) in [6, 6.07) is 0. The van der Waals surface area contributed by atoms with Crippen LogP contribution in [0.2, 0.25) is 0 Å². The summed E-state index contributed by atoms with van der Waals surface area (Å²) < 4.78 is 8.55. The molecule has 0 bridgehead atoms. The Balaban J connectivity index is -0.0000000267. The van der Waals surface area contributed by atoms with Crippen molar-refractivity contribution in [3.05, 3.63) is 0 Å². The van der Waals surface area contributed by atoms with E-state index in [9.17, 15) is 0 Å². The van der Waals surface area contributed by atoms with Gasteiger partial charge in [0.1, 0.15) is 0 Å². The molecule has 0 heterocycles. The largest absolute Gasteiger partial charge is 2.00 e. The molecule has 0 unspecified atom stereocenters. The van der Waals surface area contributed by atoms with Crippen LogP contribution < -0.4 is 33.5 Å². The second-order valence-corrected chi connectivity index (χ2v) is 1.34. The summed E-state index contributed by atoms with van der Waals surface area (Å²) in [6.45, 7) is 0. The molecule has 0 saturated heterocycles. The van der Waals surface area contributed by atoms with E-state index in [0.29, 0.717) is 0 Å². The van der Waals surface area contributed by atoms with Crippen LogP contribution in [0.3, 0.4) is 0 Å². The average Bonchev–Trinajstić information content (AvgIpc) is 0.722. The summed E-state index contributed by atoms with van der Waals surface area (Å²) in [5.74, 6) is 0. The van der Waals surface area contributed by atoms with E-state index in [-0.39, 0.29) is 53.0 Å². The molecule has 0 atom stereocenters. The molecule has 0 aliphatic heterocycles. The second kappa shape index (κ2) is 8.75. The third-order valence-electron chi connectivity index (χ3n) is 0. The Hall–Kier alpha value is 1.75. The van der Waals surface area contributed by atoms with Crippen molar-refractivity contribution in [1.82, 2.24) is 0 Å². The maximum absolute atomic E-state index is 8.55. The van der Waals surface area contributed by atoms with Gasteiger partial charge in [-0.2, -0.15) is 7.82 Å². The van der Waals surface area contributed by atoms with Crippen LogP contribution in [-0.4, -0.2) is 0 Å². The quantitative estimate of drug-likeness (QED) is 0.296. The van der Waals surface area contributed by atoms with Crippen molar-refractivity contribution in [3.63, 3.8) is 0 Å². The maximum Gasteiger partial charge on any atom is 2.00 e. The van der Waals surface area contributed by atoms with E-state index in [1.807, 2.05) is 0 Å². The second-order valence-electron chi connectivity index (χ2n) is 0.447. The number of hydrogen-bond donors (Lipinski definition) is 0. The first-order valence-corrected chi connectivity index (χ1v) is 2.19. The van der Waals surface area contributed by atoms with Crippen LogP contribution in [0.4, 0.5) is 0 Å². The molecule has 46 valence electrons. The molecule has 0 saturated carbocycles. The van der Waals surface area contributed by atoms with Crippen LogP contribution in [0.1, 0.15) is 0 Å². The normalized spacial score (nSPS) is 7.38. The SMILES string of the molecule is O=P([O-])([O-])[O-].[Fe+2].[Fe].[Li+]. The molecular formula is Fe2LiO4P. The van der Waals surface area contributed by atoms with Gasteiger partial charge in [-0.1, -0.05) is 0 Å². The minimum absolute atomic E-state index is 0. The van der Waals surface area contributed by atoms with Crippen molar-refractivity contribution < 1.29 is 72.2 Å². The minimum Gasteiger partial charge on any atom is -0.822 e. The fourth-order valence-corrected chi connectivity index (χ4v) is 0. The van der Waals surface area contributed by atoms with Crippen LogP contribution in [0, 0.1) is 0 Å². The number of hydrogen-bond acceptors (Lipinski definition) is 4. The van der Waals surface area contributed by atoms with Crippen LogP contribution in [0.15, 0.2) is 0 Å². The number of phosphoric acid groups is 1. The molecule has 0 radical (unpaired) electrons. The van der Waals surface area contributed by atoms with Crippen LogP contribution in [-0.2, 0) is 38.7 Å². The first-order chi connectivity index (χ1) is 2.00. The van der Waals surface area contributed by atoms with Crippen LogP contribution in [0.5, 0.6) is 0 Å². The van der Waals surface area contributed by atoms with Crippen LogP contribution >= 0.6 is 7.82 Å². The van der Waals surface area contributed by atoms with Gasteiger partial charge in [-0.15, -0.1) is 0 Å². The molecule has 0 aromatic heterocycles. The molecule has 4 nitrogen and oxygen atoms in total. The van der Waals surface area contributed by atoms with Gasteiger partial charge in [-0.25, -0.2) is 0 Å². The Kier molecular flexibility index (Phi) is 24.7. The number of rotatable bonds is 0. The molecular weight excluding hydrogens is 214 g/mol. The zero-order valence-corrected chi connectivity index (χ0v) is 6.89. The van der Waals surface area contributed by atoms with Crippen molar-refractivity contribution >= 4 is 7.82 Å². The van der Waals surface area contributed by atoms with Crippen LogP contribution in [0.25, 0.3) is 0 Å². The third kappa shape index (κ3) is 116. The Morgan fingerprint density at radius 2 is 1.12 bits per heavy atom. The van der Waals surface area contributed by atoms with Crippen molar-refractivity contribution in [1.29, 1.82) is 0 Å². The molecule has 0 aliphatic carbocycles. The van der Waals surface area contributed by atoms with E-state index in [4.69, 9.17) is 19.2 Å². The van der Waals surface area contributed by atoms with E-state index in [2.05, 4.69) is 0 Å². The molecule has 0 fully saturated rings. The zero-order chi connectivity index (χ0) is 4.50. The molecule has 0 N–H and O–H groups in total. The summed E-state index contributed by atoms with van der Waals surface area (Å²) in [5, 5.41) is 0. The van der Waals surface area contributed by atoms with Crippen molar-refractivity contribution in [3.8, 4) is 0 Å². The van der Waals surface area contributed by atoms with E-state index in [0.717, 1.165) is 0 Å². The molecule has 0 rings (SSSR count). The zero-order valence-electron chi connectivity index (χ0n) is 3.79. The fraction of sp³-hybridized carbons (Fsp3) is 0. The van der Waals surface area contributed by atoms with Gasteiger partial charge in [0.15, 0.2) is 0 Å². The Labute approximate surface area is 79.8 Å². The van der Waals surface area contributed by atoms with Gasteiger partial charge < -0.3 is 19.2 Å². The van der Waals surface area contributed by atoms with Gasteiger partial charge in [0.2, 0.25) is 0 Å². The first-order valence-electron chi connectivity index (χ1n) is 0.730. The van der Waals surface area contributed by atoms with Gasteiger partial charge in [0.25, 0.3) is 0 Å². The van der Waals surface area contributed by atoms with Gasteiger partial charge >= 0.3 is 35.9 Å². The third-order valence-corrected chi connectivity index (χ3v) is 0.